The summed E-state index contributed by atoms with van der Waals surface area (Å²) in [4.78, 5) is 24.8. The molecule has 6 nitrogen and oxygen atoms in total. The van der Waals surface area contributed by atoms with E-state index in [1.807, 2.05) is 12.1 Å². The van der Waals surface area contributed by atoms with Crippen molar-refractivity contribution in [3.05, 3.63) is 24.3 Å². The van der Waals surface area contributed by atoms with E-state index in [-0.39, 0.29) is 18.5 Å². The molecule has 1 unspecified atom stereocenters. The Balaban J connectivity index is 1.85. The fourth-order valence-electron chi connectivity index (χ4n) is 2.06. The van der Waals surface area contributed by atoms with Gasteiger partial charge in [-0.3, -0.25) is 9.59 Å². The van der Waals surface area contributed by atoms with E-state index >= 15 is 0 Å². The van der Waals surface area contributed by atoms with Gasteiger partial charge >= 0.3 is 5.97 Å². The predicted octanol–water partition coefficient (Wildman–Crippen LogP) is 1.24. The van der Waals surface area contributed by atoms with Crippen molar-refractivity contribution in [2.75, 3.05) is 27.3 Å². The lowest BCUT2D eigenvalue weighted by molar-refractivity contribution is -0.143. The number of para-hydroxylation sites is 2. The lowest BCUT2D eigenvalue weighted by atomic mass is 10.2. The first kappa shape index (κ1) is 15.2. The van der Waals surface area contributed by atoms with Crippen molar-refractivity contribution in [1.29, 1.82) is 0 Å². The number of likely N-dealkylation sites (N-methyl/N-ethyl adjacent to an activating group) is 1. The second-order valence-corrected chi connectivity index (χ2v) is 4.80. The van der Waals surface area contributed by atoms with Crippen LogP contribution in [-0.4, -0.2) is 50.2 Å². The number of benzene rings is 1. The van der Waals surface area contributed by atoms with E-state index in [4.69, 9.17) is 9.47 Å². The second kappa shape index (κ2) is 6.97. The van der Waals surface area contributed by atoms with Crippen molar-refractivity contribution in [3.63, 3.8) is 0 Å². The Morgan fingerprint density at radius 3 is 2.76 bits per heavy atom. The van der Waals surface area contributed by atoms with E-state index in [2.05, 4.69) is 4.74 Å². The third-order valence-corrected chi connectivity index (χ3v) is 3.26. The quantitative estimate of drug-likeness (QED) is 0.764. The number of esters is 1. The fraction of sp³-hybridized carbons (Fsp3) is 0.467. The van der Waals surface area contributed by atoms with Crippen molar-refractivity contribution in [3.8, 4) is 11.5 Å². The summed E-state index contributed by atoms with van der Waals surface area (Å²) in [6.07, 6.45) is 0.195. The SMILES string of the molecule is COC(=O)CCCN(C)C(=O)C1COc2ccccc2O1. The molecule has 6 heteroatoms. The summed E-state index contributed by atoms with van der Waals surface area (Å²) in [5, 5.41) is 0. The van der Waals surface area contributed by atoms with Crippen LogP contribution in [-0.2, 0) is 14.3 Å². The molecule has 1 amide bonds. The zero-order valence-corrected chi connectivity index (χ0v) is 12.2. The van der Waals surface area contributed by atoms with Crippen LogP contribution in [0.1, 0.15) is 12.8 Å². The van der Waals surface area contributed by atoms with Gasteiger partial charge in [-0.1, -0.05) is 12.1 Å². The van der Waals surface area contributed by atoms with E-state index in [0.29, 0.717) is 30.9 Å². The average Bonchev–Trinajstić information content (AvgIpc) is 2.53. The van der Waals surface area contributed by atoms with Gasteiger partial charge in [-0.2, -0.15) is 0 Å². The minimum atomic E-state index is -0.650. The molecule has 21 heavy (non-hydrogen) atoms. The third-order valence-electron chi connectivity index (χ3n) is 3.26. The number of methoxy groups -OCH3 is 1. The zero-order valence-electron chi connectivity index (χ0n) is 12.2. The first-order valence-electron chi connectivity index (χ1n) is 6.82. The summed E-state index contributed by atoms with van der Waals surface area (Å²) in [6, 6.07) is 7.25. The molecule has 0 radical (unpaired) electrons. The molecule has 0 spiro atoms. The van der Waals surface area contributed by atoms with Crippen LogP contribution < -0.4 is 9.47 Å². The maximum atomic E-state index is 12.3. The van der Waals surface area contributed by atoms with Gasteiger partial charge in [-0.05, 0) is 18.6 Å². The molecular formula is C15H19NO5. The van der Waals surface area contributed by atoms with E-state index in [1.54, 1.807) is 24.1 Å². The van der Waals surface area contributed by atoms with Gasteiger partial charge in [0.2, 0.25) is 6.10 Å². The highest BCUT2D eigenvalue weighted by Crippen LogP contribution is 2.31. The zero-order chi connectivity index (χ0) is 15.2. The van der Waals surface area contributed by atoms with Gasteiger partial charge in [0.1, 0.15) is 6.61 Å². The summed E-state index contributed by atoms with van der Waals surface area (Å²) in [5.74, 6) is 0.788. The van der Waals surface area contributed by atoms with Gasteiger partial charge in [-0.15, -0.1) is 0 Å². The molecule has 0 N–H and O–H groups in total. The standard InChI is InChI=1S/C15H19NO5/c1-16(9-5-8-14(17)19-2)15(18)13-10-20-11-6-3-4-7-12(11)21-13/h3-4,6-7,13H,5,8-10H2,1-2H3. The Morgan fingerprint density at radius 2 is 2.05 bits per heavy atom. The van der Waals surface area contributed by atoms with Crippen LogP contribution in [0.2, 0.25) is 0 Å². The lowest BCUT2D eigenvalue weighted by Crippen LogP contribution is -2.45. The number of ether oxygens (including phenoxy) is 3. The van der Waals surface area contributed by atoms with Gasteiger partial charge in [0.15, 0.2) is 11.5 Å². The highest BCUT2D eigenvalue weighted by molar-refractivity contribution is 5.81. The monoisotopic (exact) mass is 293 g/mol. The van der Waals surface area contributed by atoms with Crippen molar-refractivity contribution < 1.29 is 23.8 Å². The number of fused-ring (bicyclic) bond motifs is 1. The van der Waals surface area contributed by atoms with Crippen LogP contribution in [0.5, 0.6) is 11.5 Å². The molecule has 0 saturated heterocycles. The molecule has 114 valence electrons. The maximum absolute atomic E-state index is 12.3. The summed E-state index contributed by atoms with van der Waals surface area (Å²) in [7, 11) is 3.03. The first-order valence-corrected chi connectivity index (χ1v) is 6.82. The van der Waals surface area contributed by atoms with Gasteiger partial charge in [0.05, 0.1) is 7.11 Å². The molecule has 2 rings (SSSR count). The van der Waals surface area contributed by atoms with Crippen LogP contribution in [0.25, 0.3) is 0 Å². The van der Waals surface area contributed by atoms with Crippen molar-refractivity contribution in [2.45, 2.75) is 18.9 Å². The van der Waals surface area contributed by atoms with Crippen molar-refractivity contribution >= 4 is 11.9 Å². The largest absolute Gasteiger partial charge is 0.485 e. The Hall–Kier alpha value is -2.24. The van der Waals surface area contributed by atoms with Crippen molar-refractivity contribution in [1.82, 2.24) is 4.90 Å². The molecule has 1 aliphatic rings. The predicted molar refractivity (Wildman–Crippen MR) is 75.2 cm³/mol. The molecule has 1 heterocycles. The molecule has 1 aliphatic heterocycles. The summed E-state index contributed by atoms with van der Waals surface area (Å²) in [6.45, 7) is 0.659. The maximum Gasteiger partial charge on any atom is 0.305 e. The van der Waals surface area contributed by atoms with E-state index in [0.717, 1.165) is 0 Å². The Bertz CT molecular complexity index is 517. The van der Waals surface area contributed by atoms with Gasteiger partial charge in [0, 0.05) is 20.0 Å². The van der Waals surface area contributed by atoms with Crippen LogP contribution in [0.4, 0.5) is 0 Å². The Kier molecular flexibility index (Phi) is 5.03. The van der Waals surface area contributed by atoms with Crippen LogP contribution in [0.3, 0.4) is 0 Å². The normalized spacial score (nSPS) is 16.2. The van der Waals surface area contributed by atoms with Crippen LogP contribution >= 0.6 is 0 Å². The smallest absolute Gasteiger partial charge is 0.305 e. The van der Waals surface area contributed by atoms with E-state index in [1.165, 1.54) is 7.11 Å². The topological polar surface area (TPSA) is 65.1 Å². The highest BCUT2D eigenvalue weighted by Gasteiger charge is 2.29. The molecule has 0 aliphatic carbocycles. The number of nitrogens with zero attached hydrogens (tertiary/aromatic N) is 1. The summed E-state index contributed by atoms with van der Waals surface area (Å²) >= 11 is 0. The number of amides is 1. The van der Waals surface area contributed by atoms with Gasteiger partial charge < -0.3 is 19.1 Å². The molecule has 1 aromatic rings. The first-order chi connectivity index (χ1) is 10.1. The highest BCUT2D eigenvalue weighted by atomic mass is 16.6. The minimum Gasteiger partial charge on any atom is -0.485 e. The molecular weight excluding hydrogens is 274 g/mol. The Labute approximate surface area is 123 Å². The number of hydrogen-bond acceptors (Lipinski definition) is 5. The van der Waals surface area contributed by atoms with Gasteiger partial charge in [-0.25, -0.2) is 0 Å². The summed E-state index contributed by atoms with van der Waals surface area (Å²) < 4.78 is 15.7. The number of hydrogen-bond donors (Lipinski definition) is 0. The number of rotatable bonds is 5. The van der Waals surface area contributed by atoms with Gasteiger partial charge in [0.25, 0.3) is 5.91 Å². The summed E-state index contributed by atoms with van der Waals surface area (Å²) in [5.41, 5.74) is 0. The third kappa shape index (κ3) is 3.87. The fourth-order valence-corrected chi connectivity index (χ4v) is 2.06. The molecule has 1 aromatic carbocycles. The molecule has 0 aromatic heterocycles. The number of carbonyl (C=O) groups excluding carboxylic acids is 2. The average molecular weight is 293 g/mol. The van der Waals surface area contributed by atoms with E-state index in [9.17, 15) is 9.59 Å². The minimum absolute atomic E-state index is 0.158. The second-order valence-electron chi connectivity index (χ2n) is 4.80. The Morgan fingerprint density at radius 1 is 1.33 bits per heavy atom. The van der Waals surface area contributed by atoms with E-state index < -0.39 is 6.10 Å². The van der Waals surface area contributed by atoms with Crippen LogP contribution in [0.15, 0.2) is 24.3 Å². The molecule has 1 atom stereocenters. The molecule has 0 fully saturated rings. The lowest BCUT2D eigenvalue weighted by Gasteiger charge is -2.28. The molecule has 0 saturated carbocycles. The number of carbonyl (C=O) groups is 2. The van der Waals surface area contributed by atoms with Crippen molar-refractivity contribution in [2.24, 2.45) is 0 Å². The molecule has 0 bridgehead atoms. The van der Waals surface area contributed by atoms with Crippen LogP contribution in [0, 0.1) is 0 Å².